The maximum absolute atomic E-state index is 12.3. The van der Waals surface area contributed by atoms with Gasteiger partial charge < -0.3 is 15.2 Å². The van der Waals surface area contributed by atoms with Gasteiger partial charge in [-0.25, -0.2) is 4.98 Å². The van der Waals surface area contributed by atoms with E-state index in [0.29, 0.717) is 12.8 Å². The summed E-state index contributed by atoms with van der Waals surface area (Å²) < 4.78 is 0. The predicted molar refractivity (Wildman–Crippen MR) is 78.5 cm³/mol. The van der Waals surface area contributed by atoms with Gasteiger partial charge in [0.1, 0.15) is 5.82 Å². The Hall–Kier alpha value is -1.88. The second-order valence-corrected chi connectivity index (χ2v) is 5.34. The van der Waals surface area contributed by atoms with Crippen LogP contribution in [0.1, 0.15) is 19.2 Å². The first-order valence-corrected chi connectivity index (χ1v) is 7.18. The maximum Gasteiger partial charge on any atom is 0.223 e. The average Bonchev–Trinajstić information content (AvgIpc) is 2.88. The molecule has 2 heterocycles. The van der Waals surface area contributed by atoms with Crippen LogP contribution in [0.5, 0.6) is 0 Å². The lowest BCUT2D eigenvalue weighted by Gasteiger charge is -2.34. The van der Waals surface area contributed by atoms with E-state index in [9.17, 15) is 4.79 Å². The van der Waals surface area contributed by atoms with Crippen molar-refractivity contribution >= 4 is 16.9 Å². The monoisotopic (exact) mass is 272 g/mol. The third-order valence-corrected chi connectivity index (χ3v) is 3.84. The quantitative estimate of drug-likeness (QED) is 0.886. The molecule has 106 valence electrons. The number of amides is 1. The molecule has 1 aromatic heterocycles. The Kier molecular flexibility index (Phi) is 3.69. The summed E-state index contributed by atoms with van der Waals surface area (Å²) in [6.45, 7) is 4.67. The standard InChI is InChI=1S/C15H20N4O/c1-11-10-16-8-9-19(11)15(20)7-6-14-17-12-4-2-3-5-13(12)18-14/h2-5,11,16H,6-10H2,1H3,(H,17,18)/t11-/m0/s1. The molecule has 5 heteroatoms. The van der Waals surface area contributed by atoms with Crippen molar-refractivity contribution in [1.29, 1.82) is 0 Å². The number of benzene rings is 1. The van der Waals surface area contributed by atoms with E-state index < -0.39 is 0 Å². The third-order valence-electron chi connectivity index (χ3n) is 3.84. The van der Waals surface area contributed by atoms with Crippen LogP contribution in [0.4, 0.5) is 0 Å². The molecule has 0 bridgehead atoms. The van der Waals surface area contributed by atoms with Crippen LogP contribution in [-0.4, -0.2) is 46.5 Å². The van der Waals surface area contributed by atoms with Crippen LogP contribution < -0.4 is 5.32 Å². The van der Waals surface area contributed by atoms with E-state index in [1.54, 1.807) is 0 Å². The van der Waals surface area contributed by atoms with Crippen molar-refractivity contribution in [3.05, 3.63) is 30.1 Å². The summed E-state index contributed by atoms with van der Waals surface area (Å²) in [5.74, 6) is 1.11. The van der Waals surface area contributed by atoms with E-state index >= 15 is 0 Å². The molecule has 1 fully saturated rings. The van der Waals surface area contributed by atoms with E-state index in [1.807, 2.05) is 29.2 Å². The number of nitrogens with one attached hydrogen (secondary N) is 2. The predicted octanol–water partition coefficient (Wildman–Crippen LogP) is 1.32. The Bertz CT molecular complexity index is 574. The second-order valence-electron chi connectivity index (χ2n) is 5.34. The molecule has 1 aliphatic rings. The Morgan fingerprint density at radius 1 is 1.45 bits per heavy atom. The third kappa shape index (κ3) is 2.67. The highest BCUT2D eigenvalue weighted by Gasteiger charge is 2.22. The van der Waals surface area contributed by atoms with Crippen LogP contribution >= 0.6 is 0 Å². The molecule has 1 saturated heterocycles. The van der Waals surface area contributed by atoms with Crippen LogP contribution in [0.25, 0.3) is 11.0 Å². The molecule has 2 N–H and O–H groups in total. The van der Waals surface area contributed by atoms with Gasteiger partial charge in [-0.15, -0.1) is 0 Å². The summed E-state index contributed by atoms with van der Waals surface area (Å²) in [4.78, 5) is 22.0. The molecular formula is C15H20N4O. The van der Waals surface area contributed by atoms with Crippen LogP contribution in [-0.2, 0) is 11.2 Å². The van der Waals surface area contributed by atoms with E-state index in [-0.39, 0.29) is 11.9 Å². The van der Waals surface area contributed by atoms with Gasteiger partial charge >= 0.3 is 0 Å². The van der Waals surface area contributed by atoms with Gasteiger partial charge in [0, 0.05) is 38.5 Å². The number of aromatic nitrogens is 2. The maximum atomic E-state index is 12.3. The summed E-state index contributed by atoms with van der Waals surface area (Å²) >= 11 is 0. The summed E-state index contributed by atoms with van der Waals surface area (Å²) in [5.41, 5.74) is 2.00. The zero-order valence-corrected chi connectivity index (χ0v) is 11.7. The smallest absolute Gasteiger partial charge is 0.223 e. The van der Waals surface area contributed by atoms with E-state index in [2.05, 4.69) is 22.2 Å². The molecular weight excluding hydrogens is 252 g/mol. The molecule has 20 heavy (non-hydrogen) atoms. The van der Waals surface area contributed by atoms with Crippen molar-refractivity contribution in [2.45, 2.75) is 25.8 Å². The van der Waals surface area contributed by atoms with E-state index in [0.717, 1.165) is 36.5 Å². The Balaban J connectivity index is 1.62. The van der Waals surface area contributed by atoms with Crippen LogP contribution in [0.15, 0.2) is 24.3 Å². The van der Waals surface area contributed by atoms with Crippen molar-refractivity contribution < 1.29 is 4.79 Å². The highest BCUT2D eigenvalue weighted by atomic mass is 16.2. The Morgan fingerprint density at radius 3 is 3.10 bits per heavy atom. The highest BCUT2D eigenvalue weighted by molar-refractivity contribution is 5.77. The van der Waals surface area contributed by atoms with Crippen LogP contribution in [0.3, 0.4) is 0 Å². The van der Waals surface area contributed by atoms with Gasteiger partial charge in [0.15, 0.2) is 0 Å². The zero-order chi connectivity index (χ0) is 13.9. The number of hydrogen-bond acceptors (Lipinski definition) is 3. The molecule has 0 unspecified atom stereocenters. The van der Waals surface area contributed by atoms with E-state index in [1.165, 1.54) is 0 Å². The van der Waals surface area contributed by atoms with Crippen LogP contribution in [0, 0.1) is 0 Å². The molecule has 3 rings (SSSR count). The first kappa shape index (κ1) is 13.1. The zero-order valence-electron chi connectivity index (χ0n) is 11.7. The molecule has 0 spiro atoms. The van der Waals surface area contributed by atoms with Gasteiger partial charge in [0.25, 0.3) is 0 Å². The number of aryl methyl sites for hydroxylation is 1. The number of carbonyl (C=O) groups excluding carboxylic acids is 1. The summed E-state index contributed by atoms with van der Waals surface area (Å²) in [7, 11) is 0. The number of nitrogens with zero attached hydrogens (tertiary/aromatic N) is 2. The number of imidazole rings is 1. The molecule has 1 atom stereocenters. The van der Waals surface area contributed by atoms with Crippen LogP contribution in [0.2, 0.25) is 0 Å². The Labute approximate surface area is 118 Å². The lowest BCUT2D eigenvalue weighted by Crippen LogP contribution is -2.52. The van der Waals surface area contributed by atoms with Gasteiger partial charge in [0.05, 0.1) is 11.0 Å². The van der Waals surface area contributed by atoms with E-state index in [4.69, 9.17) is 0 Å². The van der Waals surface area contributed by atoms with Gasteiger partial charge in [-0.05, 0) is 19.1 Å². The number of aromatic amines is 1. The molecule has 1 aliphatic heterocycles. The fourth-order valence-electron chi connectivity index (χ4n) is 2.70. The van der Waals surface area contributed by atoms with Crippen molar-refractivity contribution in [2.75, 3.05) is 19.6 Å². The fourth-order valence-corrected chi connectivity index (χ4v) is 2.70. The summed E-state index contributed by atoms with van der Waals surface area (Å²) in [5, 5.41) is 3.30. The molecule has 0 radical (unpaired) electrons. The minimum atomic E-state index is 0.222. The van der Waals surface area contributed by atoms with Crippen molar-refractivity contribution in [3.63, 3.8) is 0 Å². The number of para-hydroxylation sites is 2. The minimum absolute atomic E-state index is 0.222. The summed E-state index contributed by atoms with van der Waals surface area (Å²) in [6.07, 6.45) is 1.19. The van der Waals surface area contributed by atoms with Crippen molar-refractivity contribution in [1.82, 2.24) is 20.2 Å². The van der Waals surface area contributed by atoms with Gasteiger partial charge in [-0.3, -0.25) is 4.79 Å². The topological polar surface area (TPSA) is 61.0 Å². The normalized spacial score (nSPS) is 19.4. The van der Waals surface area contributed by atoms with Crippen molar-refractivity contribution in [2.24, 2.45) is 0 Å². The highest BCUT2D eigenvalue weighted by Crippen LogP contribution is 2.12. The van der Waals surface area contributed by atoms with Gasteiger partial charge in [0.2, 0.25) is 5.91 Å². The number of fused-ring (bicyclic) bond motifs is 1. The molecule has 0 saturated carbocycles. The first-order valence-electron chi connectivity index (χ1n) is 7.18. The number of rotatable bonds is 3. The summed E-state index contributed by atoms with van der Waals surface area (Å²) in [6, 6.07) is 8.23. The molecule has 1 amide bonds. The SMILES string of the molecule is C[C@H]1CNCCN1C(=O)CCc1nc2ccccc2[nH]1. The number of H-pyrrole nitrogens is 1. The molecule has 0 aliphatic carbocycles. The average molecular weight is 272 g/mol. The second kappa shape index (κ2) is 5.63. The fraction of sp³-hybridized carbons (Fsp3) is 0.467. The molecule has 2 aromatic rings. The van der Waals surface area contributed by atoms with Gasteiger partial charge in [-0.2, -0.15) is 0 Å². The van der Waals surface area contributed by atoms with Gasteiger partial charge in [-0.1, -0.05) is 12.1 Å². The largest absolute Gasteiger partial charge is 0.342 e. The molecule has 1 aromatic carbocycles. The first-order chi connectivity index (χ1) is 9.74. The number of carbonyl (C=O) groups is 1. The number of hydrogen-bond donors (Lipinski definition) is 2. The number of piperazine rings is 1. The Morgan fingerprint density at radius 2 is 2.30 bits per heavy atom. The lowest BCUT2D eigenvalue weighted by molar-refractivity contribution is -0.133. The molecule has 5 nitrogen and oxygen atoms in total. The lowest BCUT2D eigenvalue weighted by atomic mass is 10.2. The van der Waals surface area contributed by atoms with Crippen molar-refractivity contribution in [3.8, 4) is 0 Å². The minimum Gasteiger partial charge on any atom is -0.342 e.